The summed E-state index contributed by atoms with van der Waals surface area (Å²) in [5, 5.41) is 0. The smallest absolute Gasteiger partial charge is 0.210 e. The Morgan fingerprint density at radius 2 is 1.54 bits per heavy atom. The molecule has 1 aliphatic rings. The van der Waals surface area contributed by atoms with Crippen molar-refractivity contribution in [2.24, 2.45) is 0 Å². The van der Waals surface area contributed by atoms with Gasteiger partial charge in [-0.05, 0) is 54.8 Å². The van der Waals surface area contributed by atoms with Crippen LogP contribution in [0.15, 0.2) is 53.7 Å². The number of Topliss-reactive ketones (excluding diaryl/α,β-unsaturated/α-hetero) is 1. The first kappa shape index (κ1) is 18.3. The molecular weight excluding hydrogens is 350 g/mol. The Morgan fingerprint density at radius 3 is 2.04 bits per heavy atom. The molecule has 0 atom stereocenters. The predicted molar refractivity (Wildman–Crippen MR) is 100 cm³/mol. The van der Waals surface area contributed by atoms with E-state index in [1.165, 1.54) is 18.4 Å². The first-order chi connectivity index (χ1) is 12.3. The van der Waals surface area contributed by atoms with E-state index in [9.17, 15) is 13.2 Å². The van der Waals surface area contributed by atoms with Crippen molar-refractivity contribution < 1.29 is 17.9 Å². The highest BCUT2D eigenvalue weighted by atomic mass is 32.2. The largest absolute Gasteiger partial charge is 0.478 e. The van der Waals surface area contributed by atoms with Crippen molar-refractivity contribution >= 4 is 27.0 Å². The highest BCUT2D eigenvalue weighted by molar-refractivity contribution is 7.90. The van der Waals surface area contributed by atoms with Gasteiger partial charge in [-0.1, -0.05) is 13.8 Å². The molecule has 6 heteroatoms. The van der Waals surface area contributed by atoms with Crippen molar-refractivity contribution in [1.82, 2.24) is 4.98 Å². The zero-order valence-electron chi connectivity index (χ0n) is 15.0. The summed E-state index contributed by atoms with van der Waals surface area (Å²) in [6.07, 6.45) is 5.55. The van der Waals surface area contributed by atoms with Gasteiger partial charge in [-0.2, -0.15) is 0 Å². The van der Waals surface area contributed by atoms with Gasteiger partial charge < -0.3 is 4.74 Å². The van der Waals surface area contributed by atoms with Crippen LogP contribution in [-0.2, 0) is 19.4 Å². The Balaban J connectivity index is 2.17. The molecule has 2 aromatic rings. The second kappa shape index (κ2) is 6.68. The second-order valence-corrected chi connectivity index (χ2v) is 8.38. The predicted octanol–water partition coefficient (Wildman–Crippen LogP) is 3.51. The van der Waals surface area contributed by atoms with Crippen LogP contribution in [0.3, 0.4) is 0 Å². The average molecular weight is 371 g/mol. The van der Waals surface area contributed by atoms with Crippen molar-refractivity contribution in [2.45, 2.75) is 37.2 Å². The summed E-state index contributed by atoms with van der Waals surface area (Å²) in [7, 11) is -3.28. The summed E-state index contributed by atoms with van der Waals surface area (Å²) >= 11 is 0. The number of pyridine rings is 1. The Morgan fingerprint density at radius 1 is 0.962 bits per heavy atom. The molecule has 0 spiro atoms. The molecular formula is C20H21NO4S. The van der Waals surface area contributed by atoms with Crippen molar-refractivity contribution in [3.05, 3.63) is 59.9 Å². The van der Waals surface area contributed by atoms with Crippen LogP contribution < -0.4 is 0 Å². The van der Waals surface area contributed by atoms with E-state index in [4.69, 9.17) is 4.74 Å². The number of carbonyl (C=O) groups is 1. The Kier molecular flexibility index (Phi) is 4.71. The lowest BCUT2D eigenvalue weighted by atomic mass is 9.87. The first-order valence-corrected chi connectivity index (χ1v) is 10.4. The van der Waals surface area contributed by atoms with Crippen LogP contribution >= 0.6 is 0 Å². The van der Waals surface area contributed by atoms with Gasteiger partial charge in [0.15, 0.2) is 15.4 Å². The summed E-state index contributed by atoms with van der Waals surface area (Å²) in [5.41, 5.74) is 1.06. The van der Waals surface area contributed by atoms with Gasteiger partial charge in [-0.3, -0.25) is 9.78 Å². The van der Waals surface area contributed by atoms with Gasteiger partial charge in [0, 0.05) is 24.2 Å². The van der Waals surface area contributed by atoms with Crippen molar-refractivity contribution in [3.63, 3.8) is 0 Å². The number of ether oxygens (including phenoxy) is 1. The number of aromatic nitrogens is 1. The standard InChI is InChI=1S/C20H21NO4S/c1-4-20(5-2)19(22)17(14-10-12-21-13-11-14)18(25-20)15-6-8-16(9-7-15)26(3,23)24/h6-13H,4-5H2,1-3H3. The molecule has 1 aromatic carbocycles. The monoisotopic (exact) mass is 371 g/mol. The summed E-state index contributed by atoms with van der Waals surface area (Å²) in [4.78, 5) is 17.4. The molecule has 26 heavy (non-hydrogen) atoms. The topological polar surface area (TPSA) is 73.3 Å². The summed E-state index contributed by atoms with van der Waals surface area (Å²) in [6.45, 7) is 3.86. The van der Waals surface area contributed by atoms with Crippen molar-refractivity contribution in [3.8, 4) is 0 Å². The third-order valence-electron chi connectivity index (χ3n) is 4.82. The maximum absolute atomic E-state index is 13.2. The molecule has 0 bridgehead atoms. The molecule has 136 valence electrons. The maximum atomic E-state index is 13.2. The van der Waals surface area contributed by atoms with Crippen LogP contribution in [0.2, 0.25) is 0 Å². The molecule has 0 saturated carbocycles. The number of rotatable bonds is 5. The third kappa shape index (κ3) is 3.05. The fourth-order valence-electron chi connectivity index (χ4n) is 3.18. The number of sulfone groups is 1. The molecule has 0 amide bonds. The minimum atomic E-state index is -3.28. The van der Waals surface area contributed by atoms with E-state index in [2.05, 4.69) is 4.98 Å². The van der Waals surface area contributed by atoms with E-state index in [1.54, 1.807) is 36.7 Å². The minimum absolute atomic E-state index is 0.0455. The van der Waals surface area contributed by atoms with E-state index >= 15 is 0 Å². The molecule has 0 radical (unpaired) electrons. The molecule has 0 unspecified atom stereocenters. The summed E-state index contributed by atoms with van der Waals surface area (Å²) < 4.78 is 29.6. The Hall–Kier alpha value is -2.47. The number of benzene rings is 1. The molecule has 0 fully saturated rings. The van der Waals surface area contributed by atoms with E-state index in [0.717, 1.165) is 5.56 Å². The van der Waals surface area contributed by atoms with E-state index < -0.39 is 15.4 Å². The van der Waals surface area contributed by atoms with Crippen molar-refractivity contribution in [2.75, 3.05) is 6.26 Å². The third-order valence-corrected chi connectivity index (χ3v) is 5.95. The maximum Gasteiger partial charge on any atom is 0.210 e. The van der Waals surface area contributed by atoms with Gasteiger partial charge in [0.2, 0.25) is 5.78 Å². The van der Waals surface area contributed by atoms with Gasteiger partial charge in [0.1, 0.15) is 5.76 Å². The zero-order chi connectivity index (χ0) is 18.9. The number of ketones is 1. The van der Waals surface area contributed by atoms with Crippen LogP contribution in [0.1, 0.15) is 37.8 Å². The van der Waals surface area contributed by atoms with Crippen LogP contribution in [0.5, 0.6) is 0 Å². The number of carbonyl (C=O) groups excluding carboxylic acids is 1. The normalized spacial score (nSPS) is 16.7. The molecule has 5 nitrogen and oxygen atoms in total. The van der Waals surface area contributed by atoms with E-state index in [1.807, 2.05) is 13.8 Å². The van der Waals surface area contributed by atoms with Gasteiger partial charge in [-0.15, -0.1) is 0 Å². The zero-order valence-corrected chi connectivity index (χ0v) is 15.8. The van der Waals surface area contributed by atoms with Crippen LogP contribution in [0.25, 0.3) is 11.3 Å². The quantitative estimate of drug-likeness (QED) is 0.804. The van der Waals surface area contributed by atoms with Gasteiger partial charge in [-0.25, -0.2) is 8.42 Å². The molecule has 1 aliphatic heterocycles. The molecule has 0 N–H and O–H groups in total. The molecule has 0 aliphatic carbocycles. The lowest BCUT2D eigenvalue weighted by Gasteiger charge is -2.25. The fourth-order valence-corrected chi connectivity index (χ4v) is 3.81. The lowest BCUT2D eigenvalue weighted by molar-refractivity contribution is -0.128. The Bertz CT molecular complexity index is 957. The van der Waals surface area contributed by atoms with E-state index in [0.29, 0.717) is 29.7 Å². The van der Waals surface area contributed by atoms with Crippen LogP contribution in [0, 0.1) is 0 Å². The Labute approximate surface area is 153 Å². The van der Waals surface area contributed by atoms with E-state index in [-0.39, 0.29) is 10.7 Å². The molecule has 3 rings (SSSR count). The summed E-state index contributed by atoms with van der Waals surface area (Å²) in [5.74, 6) is 0.445. The average Bonchev–Trinajstić information content (AvgIpc) is 2.95. The molecule has 1 aromatic heterocycles. The molecule has 0 saturated heterocycles. The van der Waals surface area contributed by atoms with Crippen LogP contribution in [0.4, 0.5) is 0 Å². The lowest BCUT2D eigenvalue weighted by Crippen LogP contribution is -2.35. The van der Waals surface area contributed by atoms with Crippen molar-refractivity contribution in [1.29, 1.82) is 0 Å². The highest BCUT2D eigenvalue weighted by Gasteiger charge is 2.47. The second-order valence-electron chi connectivity index (χ2n) is 6.37. The number of hydrogen-bond donors (Lipinski definition) is 0. The van der Waals surface area contributed by atoms with Crippen LogP contribution in [-0.4, -0.2) is 31.0 Å². The fraction of sp³-hybridized carbons (Fsp3) is 0.300. The highest BCUT2D eigenvalue weighted by Crippen LogP contribution is 2.44. The molecule has 2 heterocycles. The van der Waals surface area contributed by atoms with Gasteiger partial charge in [0.05, 0.1) is 10.5 Å². The SMILES string of the molecule is CCC1(CC)OC(c2ccc(S(C)(=O)=O)cc2)=C(c2ccncc2)C1=O. The minimum Gasteiger partial charge on any atom is -0.478 e. The number of nitrogens with zero attached hydrogens (tertiary/aromatic N) is 1. The number of hydrogen-bond acceptors (Lipinski definition) is 5. The van der Waals surface area contributed by atoms with Gasteiger partial charge >= 0.3 is 0 Å². The summed E-state index contributed by atoms with van der Waals surface area (Å²) in [6, 6.07) is 10.00. The van der Waals surface area contributed by atoms with Gasteiger partial charge in [0.25, 0.3) is 0 Å². The first-order valence-electron chi connectivity index (χ1n) is 8.51.